The SMILES string of the molecule is CCOC(=O)c1ccc(N2CCN(C(=O)CSCC(=O)Nc3ccc(F)cc3)CC2)nc1. The third kappa shape index (κ3) is 6.68. The average molecular weight is 461 g/mol. The van der Waals surface area contributed by atoms with Crippen LogP contribution in [-0.4, -0.2) is 72.0 Å². The number of rotatable bonds is 8. The highest BCUT2D eigenvalue weighted by Gasteiger charge is 2.22. The van der Waals surface area contributed by atoms with Gasteiger partial charge in [0.1, 0.15) is 11.6 Å². The van der Waals surface area contributed by atoms with Crippen molar-refractivity contribution in [3.63, 3.8) is 0 Å². The van der Waals surface area contributed by atoms with Gasteiger partial charge in [0.25, 0.3) is 0 Å². The lowest BCUT2D eigenvalue weighted by molar-refractivity contribution is -0.128. The number of carbonyl (C=O) groups is 3. The van der Waals surface area contributed by atoms with Crippen LogP contribution in [0.1, 0.15) is 17.3 Å². The monoisotopic (exact) mass is 460 g/mol. The van der Waals surface area contributed by atoms with Gasteiger partial charge >= 0.3 is 5.97 Å². The number of carbonyl (C=O) groups excluding carboxylic acids is 3. The van der Waals surface area contributed by atoms with Crippen molar-refractivity contribution >= 4 is 41.1 Å². The molecule has 1 aliphatic heterocycles. The molecule has 1 saturated heterocycles. The highest BCUT2D eigenvalue weighted by Crippen LogP contribution is 2.16. The van der Waals surface area contributed by atoms with Crippen LogP contribution >= 0.6 is 11.8 Å². The molecule has 2 amide bonds. The highest BCUT2D eigenvalue weighted by atomic mass is 32.2. The zero-order valence-corrected chi connectivity index (χ0v) is 18.6. The predicted octanol–water partition coefficient (Wildman–Crippen LogP) is 2.42. The first-order chi connectivity index (χ1) is 15.5. The van der Waals surface area contributed by atoms with Crippen molar-refractivity contribution < 1.29 is 23.5 Å². The van der Waals surface area contributed by atoms with Gasteiger partial charge in [-0.1, -0.05) is 0 Å². The van der Waals surface area contributed by atoms with E-state index in [1.54, 1.807) is 24.0 Å². The van der Waals surface area contributed by atoms with E-state index in [0.717, 1.165) is 5.82 Å². The summed E-state index contributed by atoms with van der Waals surface area (Å²) in [6.07, 6.45) is 1.50. The second-order valence-electron chi connectivity index (χ2n) is 7.04. The van der Waals surface area contributed by atoms with E-state index in [1.807, 2.05) is 0 Å². The summed E-state index contributed by atoms with van der Waals surface area (Å²) < 4.78 is 17.9. The third-order valence-corrected chi connectivity index (χ3v) is 5.72. The fraction of sp³-hybridized carbons (Fsp3) is 0.364. The van der Waals surface area contributed by atoms with Gasteiger partial charge < -0.3 is 19.9 Å². The summed E-state index contributed by atoms with van der Waals surface area (Å²) in [5, 5.41) is 2.67. The number of amides is 2. The van der Waals surface area contributed by atoms with E-state index < -0.39 is 5.97 Å². The van der Waals surface area contributed by atoms with Gasteiger partial charge in [-0.3, -0.25) is 9.59 Å². The molecule has 8 nitrogen and oxygen atoms in total. The van der Waals surface area contributed by atoms with Gasteiger partial charge in [-0.15, -0.1) is 11.8 Å². The lowest BCUT2D eigenvalue weighted by atomic mass is 10.2. The lowest BCUT2D eigenvalue weighted by Gasteiger charge is -2.35. The summed E-state index contributed by atoms with van der Waals surface area (Å²) in [5.41, 5.74) is 0.924. The number of anilines is 2. The molecule has 0 bridgehead atoms. The van der Waals surface area contributed by atoms with Gasteiger partial charge in [0.05, 0.1) is 23.7 Å². The summed E-state index contributed by atoms with van der Waals surface area (Å²) in [7, 11) is 0. The quantitative estimate of drug-likeness (QED) is 0.605. The minimum Gasteiger partial charge on any atom is -0.462 e. The van der Waals surface area contributed by atoms with Gasteiger partial charge in [0, 0.05) is 38.1 Å². The standard InChI is InChI=1S/C22H25FN4O4S/c1-2-31-22(30)16-3-8-19(24-13-16)26-9-11-27(12-10-26)21(29)15-32-14-20(28)25-18-6-4-17(23)5-7-18/h3-8,13H,2,9-12,14-15H2,1H3,(H,25,28). The smallest absolute Gasteiger partial charge is 0.339 e. The Morgan fingerprint density at radius 3 is 2.41 bits per heavy atom. The first kappa shape index (κ1) is 23.5. The van der Waals surface area contributed by atoms with E-state index in [4.69, 9.17) is 4.74 Å². The Kier molecular flexibility index (Phi) is 8.43. The minimum atomic E-state index is -0.397. The average Bonchev–Trinajstić information content (AvgIpc) is 2.81. The first-order valence-corrected chi connectivity index (χ1v) is 11.4. The molecular weight excluding hydrogens is 435 g/mol. The Morgan fingerprint density at radius 2 is 1.78 bits per heavy atom. The van der Waals surface area contributed by atoms with Crippen molar-refractivity contribution in [2.45, 2.75) is 6.92 Å². The molecule has 0 radical (unpaired) electrons. The fourth-order valence-electron chi connectivity index (χ4n) is 3.15. The van der Waals surface area contributed by atoms with Crippen molar-refractivity contribution in [2.24, 2.45) is 0 Å². The van der Waals surface area contributed by atoms with E-state index in [1.165, 1.54) is 42.2 Å². The van der Waals surface area contributed by atoms with Gasteiger partial charge in [0.2, 0.25) is 11.8 Å². The maximum absolute atomic E-state index is 12.9. The number of benzene rings is 1. The molecule has 3 rings (SSSR count). The van der Waals surface area contributed by atoms with Crippen molar-refractivity contribution in [3.8, 4) is 0 Å². The van der Waals surface area contributed by atoms with E-state index in [9.17, 15) is 18.8 Å². The third-order valence-electron chi connectivity index (χ3n) is 4.80. The molecule has 32 heavy (non-hydrogen) atoms. The second kappa shape index (κ2) is 11.5. The number of piperazine rings is 1. The Labute approximate surface area is 190 Å². The van der Waals surface area contributed by atoms with E-state index in [0.29, 0.717) is 44.0 Å². The number of nitrogens with zero attached hydrogens (tertiary/aromatic N) is 3. The number of nitrogens with one attached hydrogen (secondary N) is 1. The largest absolute Gasteiger partial charge is 0.462 e. The highest BCUT2D eigenvalue weighted by molar-refractivity contribution is 8.00. The van der Waals surface area contributed by atoms with Gasteiger partial charge in [-0.2, -0.15) is 0 Å². The summed E-state index contributed by atoms with van der Waals surface area (Å²) in [4.78, 5) is 44.3. The van der Waals surface area contributed by atoms with Gasteiger partial charge in [0.15, 0.2) is 0 Å². The molecule has 10 heteroatoms. The number of pyridine rings is 1. The van der Waals surface area contributed by atoms with Crippen LogP contribution in [0.5, 0.6) is 0 Å². The Bertz CT molecular complexity index is 932. The molecule has 0 unspecified atom stereocenters. The van der Waals surface area contributed by atoms with Crippen LogP contribution in [0, 0.1) is 5.82 Å². The van der Waals surface area contributed by atoms with E-state index in [2.05, 4.69) is 15.2 Å². The molecule has 0 aliphatic carbocycles. The maximum atomic E-state index is 12.9. The van der Waals surface area contributed by atoms with Crippen LogP contribution in [0.25, 0.3) is 0 Å². The number of ether oxygens (including phenoxy) is 1. The molecule has 0 spiro atoms. The molecule has 1 N–H and O–H groups in total. The zero-order chi connectivity index (χ0) is 22.9. The molecule has 1 aromatic heterocycles. The van der Waals surface area contributed by atoms with E-state index >= 15 is 0 Å². The molecule has 0 saturated carbocycles. The Hall–Kier alpha value is -3.14. The zero-order valence-electron chi connectivity index (χ0n) is 17.8. The second-order valence-corrected chi connectivity index (χ2v) is 8.03. The van der Waals surface area contributed by atoms with Crippen LogP contribution in [0.3, 0.4) is 0 Å². The molecule has 2 heterocycles. The van der Waals surface area contributed by atoms with Crippen molar-refractivity contribution in [2.75, 3.05) is 54.5 Å². The first-order valence-electron chi connectivity index (χ1n) is 10.3. The lowest BCUT2D eigenvalue weighted by Crippen LogP contribution is -2.49. The van der Waals surface area contributed by atoms with Crippen molar-refractivity contribution in [1.29, 1.82) is 0 Å². The number of hydrogen-bond acceptors (Lipinski definition) is 7. The Balaban J connectivity index is 1.38. The fourth-order valence-corrected chi connectivity index (χ4v) is 3.86. The van der Waals surface area contributed by atoms with Crippen LogP contribution in [0.2, 0.25) is 0 Å². The number of halogens is 1. The maximum Gasteiger partial charge on any atom is 0.339 e. The molecule has 0 atom stereocenters. The topological polar surface area (TPSA) is 91.8 Å². The van der Waals surface area contributed by atoms with Gasteiger partial charge in [-0.05, 0) is 43.3 Å². The molecule has 170 valence electrons. The number of aromatic nitrogens is 1. The Morgan fingerprint density at radius 1 is 1.06 bits per heavy atom. The van der Waals surface area contributed by atoms with Crippen LogP contribution in [0.15, 0.2) is 42.6 Å². The van der Waals surface area contributed by atoms with Crippen LogP contribution < -0.4 is 10.2 Å². The summed E-state index contributed by atoms with van der Waals surface area (Å²) in [5.74, 6) is 0.0742. The van der Waals surface area contributed by atoms with Crippen molar-refractivity contribution in [1.82, 2.24) is 9.88 Å². The van der Waals surface area contributed by atoms with Crippen molar-refractivity contribution in [3.05, 3.63) is 54.0 Å². The molecule has 1 fully saturated rings. The molecular formula is C22H25FN4O4S. The van der Waals surface area contributed by atoms with E-state index in [-0.39, 0.29) is 29.1 Å². The molecule has 1 aliphatic rings. The summed E-state index contributed by atoms with van der Waals surface area (Å²) in [6.45, 7) is 4.45. The summed E-state index contributed by atoms with van der Waals surface area (Å²) >= 11 is 1.24. The van der Waals surface area contributed by atoms with Gasteiger partial charge in [-0.25, -0.2) is 14.2 Å². The van der Waals surface area contributed by atoms with Crippen LogP contribution in [0.4, 0.5) is 15.9 Å². The summed E-state index contributed by atoms with van der Waals surface area (Å²) in [6, 6.07) is 8.99. The molecule has 2 aromatic rings. The number of esters is 1. The number of thioether (sulfide) groups is 1. The normalized spacial score (nSPS) is 13.6. The molecule has 1 aromatic carbocycles. The van der Waals surface area contributed by atoms with Crippen LogP contribution in [-0.2, 0) is 14.3 Å². The number of hydrogen-bond donors (Lipinski definition) is 1. The minimum absolute atomic E-state index is 0.0187. The predicted molar refractivity (Wildman–Crippen MR) is 121 cm³/mol.